The minimum Gasteiger partial charge on any atom is -0.419 e. The van der Waals surface area contributed by atoms with E-state index in [0.717, 1.165) is 5.56 Å². The fourth-order valence-electron chi connectivity index (χ4n) is 3.02. The number of nitrogens with zero attached hydrogens (tertiary/aromatic N) is 4. The Morgan fingerprint density at radius 2 is 1.83 bits per heavy atom. The monoisotopic (exact) mass is 409 g/mol. The number of rotatable bonds is 6. The fraction of sp³-hybridized carbons (Fsp3) is 0.238. The van der Waals surface area contributed by atoms with Gasteiger partial charge in [-0.05, 0) is 50.2 Å². The number of aromatic nitrogens is 4. The van der Waals surface area contributed by atoms with Gasteiger partial charge in [0.25, 0.3) is 5.56 Å². The van der Waals surface area contributed by atoms with E-state index in [0.29, 0.717) is 46.6 Å². The molecule has 29 heavy (non-hydrogen) atoms. The molecule has 148 valence electrons. The summed E-state index contributed by atoms with van der Waals surface area (Å²) in [7, 11) is 0. The fourth-order valence-corrected chi connectivity index (χ4v) is 3.15. The molecule has 0 saturated carbocycles. The molecule has 0 amide bonds. The molecule has 2 heterocycles. The summed E-state index contributed by atoms with van der Waals surface area (Å²) >= 11 is 5.93. The van der Waals surface area contributed by atoms with Gasteiger partial charge in [-0.25, -0.2) is 4.98 Å². The second-order valence-corrected chi connectivity index (χ2v) is 7.47. The zero-order valence-corrected chi connectivity index (χ0v) is 16.8. The van der Waals surface area contributed by atoms with Crippen LogP contribution in [0.1, 0.15) is 25.6 Å². The van der Waals surface area contributed by atoms with Gasteiger partial charge in [0, 0.05) is 16.6 Å². The Labute approximate surface area is 172 Å². The molecule has 7 nitrogen and oxygen atoms in total. The molecule has 0 fully saturated rings. The van der Waals surface area contributed by atoms with E-state index in [9.17, 15) is 4.79 Å². The SMILES string of the molecule is CC(C)N(Cc1nc2ccccc2c(=O)[nH]1)Cc1nnc(-c2ccc(Cl)cc2)o1. The average Bonchev–Trinajstić information content (AvgIpc) is 3.16. The third kappa shape index (κ3) is 4.36. The van der Waals surface area contributed by atoms with Crippen molar-refractivity contribution in [1.82, 2.24) is 25.1 Å². The molecular weight excluding hydrogens is 390 g/mol. The van der Waals surface area contributed by atoms with Gasteiger partial charge in [0.05, 0.1) is 24.0 Å². The van der Waals surface area contributed by atoms with E-state index in [1.165, 1.54) is 0 Å². The Morgan fingerprint density at radius 3 is 2.59 bits per heavy atom. The minimum absolute atomic E-state index is 0.142. The van der Waals surface area contributed by atoms with Crippen molar-refractivity contribution in [2.75, 3.05) is 0 Å². The van der Waals surface area contributed by atoms with E-state index in [1.807, 2.05) is 30.3 Å². The first-order chi connectivity index (χ1) is 14.0. The highest BCUT2D eigenvalue weighted by Crippen LogP contribution is 2.21. The Balaban J connectivity index is 1.55. The van der Waals surface area contributed by atoms with E-state index >= 15 is 0 Å². The largest absolute Gasteiger partial charge is 0.419 e. The van der Waals surface area contributed by atoms with Gasteiger partial charge < -0.3 is 9.40 Å². The van der Waals surface area contributed by atoms with Crippen LogP contribution in [0.3, 0.4) is 0 Å². The molecule has 0 aliphatic carbocycles. The van der Waals surface area contributed by atoms with Crippen LogP contribution in [0.15, 0.2) is 57.7 Å². The number of fused-ring (bicyclic) bond motifs is 1. The van der Waals surface area contributed by atoms with E-state index < -0.39 is 0 Å². The molecule has 0 spiro atoms. The number of para-hydroxylation sites is 1. The quantitative estimate of drug-likeness (QED) is 0.517. The van der Waals surface area contributed by atoms with Gasteiger partial charge in [-0.1, -0.05) is 23.7 Å². The van der Waals surface area contributed by atoms with Crippen LogP contribution in [-0.2, 0) is 13.1 Å². The van der Waals surface area contributed by atoms with Crippen LogP contribution in [0.2, 0.25) is 5.02 Å². The first-order valence-electron chi connectivity index (χ1n) is 9.30. The summed E-state index contributed by atoms with van der Waals surface area (Å²) in [5, 5.41) is 9.52. The summed E-state index contributed by atoms with van der Waals surface area (Å²) in [5.41, 5.74) is 1.35. The molecule has 0 atom stereocenters. The van der Waals surface area contributed by atoms with Gasteiger partial charge in [0.15, 0.2) is 0 Å². The molecular formula is C21H20ClN5O2. The van der Waals surface area contributed by atoms with Crippen molar-refractivity contribution in [3.63, 3.8) is 0 Å². The van der Waals surface area contributed by atoms with Crippen LogP contribution in [-0.4, -0.2) is 31.1 Å². The topological polar surface area (TPSA) is 87.9 Å². The van der Waals surface area contributed by atoms with Crippen molar-refractivity contribution < 1.29 is 4.42 Å². The summed E-state index contributed by atoms with van der Waals surface area (Å²) in [4.78, 5) is 21.9. The zero-order chi connectivity index (χ0) is 20.4. The van der Waals surface area contributed by atoms with Crippen molar-refractivity contribution in [2.45, 2.75) is 33.0 Å². The summed E-state index contributed by atoms with van der Waals surface area (Å²) in [6, 6.07) is 14.7. The highest BCUT2D eigenvalue weighted by atomic mass is 35.5. The maximum Gasteiger partial charge on any atom is 0.258 e. The summed E-state index contributed by atoms with van der Waals surface area (Å²) in [5.74, 6) is 1.53. The molecule has 0 aliphatic heterocycles. The van der Waals surface area contributed by atoms with E-state index in [4.69, 9.17) is 16.0 Å². The first-order valence-corrected chi connectivity index (χ1v) is 9.67. The van der Waals surface area contributed by atoms with Gasteiger partial charge in [-0.3, -0.25) is 9.69 Å². The summed E-state index contributed by atoms with van der Waals surface area (Å²) in [6.45, 7) is 5.02. The molecule has 2 aromatic carbocycles. The Hall–Kier alpha value is -3.03. The van der Waals surface area contributed by atoms with Crippen molar-refractivity contribution >= 4 is 22.5 Å². The maximum absolute atomic E-state index is 12.3. The van der Waals surface area contributed by atoms with E-state index in [2.05, 4.69) is 38.9 Å². The average molecular weight is 410 g/mol. The van der Waals surface area contributed by atoms with E-state index in [1.54, 1.807) is 18.2 Å². The van der Waals surface area contributed by atoms with Crippen LogP contribution < -0.4 is 5.56 Å². The predicted octanol–water partition coefficient (Wildman–Crippen LogP) is 4.04. The number of H-pyrrole nitrogens is 1. The molecule has 0 bridgehead atoms. The lowest BCUT2D eigenvalue weighted by atomic mass is 10.2. The van der Waals surface area contributed by atoms with Gasteiger partial charge in [0.1, 0.15) is 5.82 Å². The molecule has 2 aromatic heterocycles. The second-order valence-electron chi connectivity index (χ2n) is 7.04. The normalized spacial score (nSPS) is 11.6. The lowest BCUT2D eigenvalue weighted by molar-refractivity contribution is 0.180. The predicted molar refractivity (Wildman–Crippen MR) is 111 cm³/mol. The first kappa shape index (κ1) is 19.3. The lowest BCUT2D eigenvalue weighted by Gasteiger charge is -2.24. The Kier molecular flexibility index (Phi) is 5.42. The van der Waals surface area contributed by atoms with Gasteiger partial charge in [-0.2, -0.15) is 0 Å². The number of hydrogen-bond donors (Lipinski definition) is 1. The van der Waals surface area contributed by atoms with Gasteiger partial charge >= 0.3 is 0 Å². The standard InChI is InChI=1S/C21H20ClN5O2/c1-13(2)27(11-18-23-17-6-4-3-5-16(17)20(28)24-18)12-19-25-26-21(29-19)14-7-9-15(22)10-8-14/h3-10,13H,11-12H2,1-2H3,(H,23,24,28). The molecule has 0 unspecified atom stereocenters. The number of benzene rings is 2. The van der Waals surface area contributed by atoms with Crippen molar-refractivity contribution in [2.24, 2.45) is 0 Å². The van der Waals surface area contributed by atoms with Crippen LogP contribution in [0.4, 0.5) is 0 Å². The van der Waals surface area contributed by atoms with Crippen LogP contribution in [0.5, 0.6) is 0 Å². The molecule has 0 radical (unpaired) electrons. The summed E-state index contributed by atoms with van der Waals surface area (Å²) in [6.07, 6.45) is 0. The van der Waals surface area contributed by atoms with Crippen molar-refractivity contribution in [3.05, 3.63) is 75.6 Å². The molecule has 4 aromatic rings. The smallest absolute Gasteiger partial charge is 0.258 e. The number of nitrogens with one attached hydrogen (secondary N) is 1. The Bertz CT molecular complexity index is 1180. The van der Waals surface area contributed by atoms with Crippen LogP contribution in [0.25, 0.3) is 22.4 Å². The zero-order valence-electron chi connectivity index (χ0n) is 16.1. The highest BCUT2D eigenvalue weighted by molar-refractivity contribution is 6.30. The minimum atomic E-state index is -0.142. The molecule has 1 N–H and O–H groups in total. The summed E-state index contributed by atoms with van der Waals surface area (Å²) < 4.78 is 5.82. The van der Waals surface area contributed by atoms with E-state index in [-0.39, 0.29) is 11.6 Å². The second kappa shape index (κ2) is 8.14. The molecule has 4 rings (SSSR count). The maximum atomic E-state index is 12.3. The van der Waals surface area contributed by atoms with Crippen LogP contribution >= 0.6 is 11.6 Å². The highest BCUT2D eigenvalue weighted by Gasteiger charge is 2.17. The van der Waals surface area contributed by atoms with Crippen LogP contribution in [0, 0.1) is 0 Å². The van der Waals surface area contributed by atoms with Gasteiger partial charge in [0.2, 0.25) is 11.8 Å². The molecule has 0 aliphatic rings. The number of halogens is 1. The van der Waals surface area contributed by atoms with Crippen molar-refractivity contribution in [1.29, 1.82) is 0 Å². The lowest BCUT2D eigenvalue weighted by Crippen LogP contribution is -2.31. The van der Waals surface area contributed by atoms with Gasteiger partial charge in [-0.15, -0.1) is 10.2 Å². The third-order valence-corrected chi connectivity index (χ3v) is 4.89. The molecule has 8 heteroatoms. The number of hydrogen-bond acceptors (Lipinski definition) is 6. The Morgan fingerprint density at radius 1 is 1.07 bits per heavy atom. The number of aromatic amines is 1. The molecule has 0 saturated heterocycles. The third-order valence-electron chi connectivity index (χ3n) is 4.64. The van der Waals surface area contributed by atoms with Crippen molar-refractivity contribution in [3.8, 4) is 11.5 Å².